The number of rotatable bonds is 5. The molecule has 3 aromatic rings. The highest BCUT2D eigenvalue weighted by Gasteiger charge is 2.34. The second-order valence-electron chi connectivity index (χ2n) is 6.19. The lowest BCUT2D eigenvalue weighted by Crippen LogP contribution is -2.25. The minimum Gasteiger partial charge on any atom is -0.478 e. The van der Waals surface area contributed by atoms with Crippen LogP contribution in [0, 0.1) is 10.1 Å². The predicted molar refractivity (Wildman–Crippen MR) is 117 cm³/mol. The van der Waals surface area contributed by atoms with Crippen molar-refractivity contribution in [3.8, 4) is 11.1 Å². The lowest BCUT2D eigenvalue weighted by Gasteiger charge is -2.06. The third-order valence-electron chi connectivity index (χ3n) is 4.34. The highest BCUT2D eigenvalue weighted by atomic mass is 35.5. The van der Waals surface area contributed by atoms with Crippen molar-refractivity contribution in [2.75, 3.05) is 5.32 Å². The van der Waals surface area contributed by atoms with E-state index in [1.807, 2.05) is 0 Å². The standard InChI is InChI=1S/C19H10ClN3O6S2/c20-10-6-4-9(5-7-10)11-8-30-17(14(11)19(25)26)22-16(24)18-21-15-12(23(27)28)2-1-3-13(15)31(18)29/h1-8H,(H,22,24)(H,25,26). The maximum atomic E-state index is 12.7. The number of carboxylic acids is 1. The Bertz CT molecular complexity index is 1320. The number of nitrogens with one attached hydrogen (secondary N) is 1. The van der Waals surface area contributed by atoms with Crippen molar-refractivity contribution in [3.05, 3.63) is 68.5 Å². The summed E-state index contributed by atoms with van der Waals surface area (Å²) >= 11 is 6.85. The number of anilines is 1. The summed E-state index contributed by atoms with van der Waals surface area (Å²) in [6, 6.07) is 10.4. The first-order chi connectivity index (χ1) is 14.8. The number of halogens is 1. The lowest BCUT2D eigenvalue weighted by atomic mass is 10.0. The van der Waals surface area contributed by atoms with E-state index in [0.717, 1.165) is 11.3 Å². The number of hydrogen-bond acceptors (Lipinski definition) is 7. The van der Waals surface area contributed by atoms with E-state index in [9.17, 15) is 29.0 Å². The maximum absolute atomic E-state index is 12.7. The number of nitro benzene ring substituents is 1. The number of nitrogens with zero attached hydrogens (tertiary/aromatic N) is 2. The topological polar surface area (TPSA) is 139 Å². The zero-order valence-electron chi connectivity index (χ0n) is 15.2. The molecule has 0 aliphatic carbocycles. The van der Waals surface area contributed by atoms with E-state index in [2.05, 4.69) is 10.3 Å². The molecule has 0 saturated carbocycles. The van der Waals surface area contributed by atoms with Crippen molar-refractivity contribution in [1.82, 2.24) is 0 Å². The van der Waals surface area contributed by atoms with Gasteiger partial charge in [-0.25, -0.2) is 14.0 Å². The van der Waals surface area contributed by atoms with Gasteiger partial charge in [0.25, 0.3) is 11.6 Å². The van der Waals surface area contributed by atoms with Crippen LogP contribution in [-0.2, 0) is 15.6 Å². The number of carboxylic acid groups (broad SMARTS) is 1. The van der Waals surface area contributed by atoms with E-state index in [-0.39, 0.29) is 26.8 Å². The summed E-state index contributed by atoms with van der Waals surface area (Å²) < 4.78 is 12.7. The molecule has 0 radical (unpaired) electrons. The first-order valence-corrected chi connectivity index (χ1v) is 10.9. The summed E-state index contributed by atoms with van der Waals surface area (Å²) in [5.74, 6) is -2.18. The maximum Gasteiger partial charge on any atom is 0.339 e. The first-order valence-electron chi connectivity index (χ1n) is 8.48. The number of hydrogen-bond donors (Lipinski definition) is 2. The summed E-state index contributed by atoms with van der Waals surface area (Å²) in [5, 5.41) is 24.9. The summed E-state index contributed by atoms with van der Waals surface area (Å²) in [7, 11) is -2.04. The molecular weight excluding hydrogens is 466 g/mol. The number of para-hydroxylation sites is 1. The number of benzene rings is 2. The van der Waals surface area contributed by atoms with E-state index in [1.165, 1.54) is 18.2 Å². The van der Waals surface area contributed by atoms with Crippen molar-refractivity contribution >= 4 is 67.0 Å². The Labute approximate surface area is 185 Å². The van der Waals surface area contributed by atoms with Gasteiger partial charge >= 0.3 is 5.97 Å². The fourth-order valence-corrected chi connectivity index (χ4v) is 5.18. The molecule has 12 heteroatoms. The third kappa shape index (κ3) is 3.74. The minimum atomic E-state index is -2.04. The molecular formula is C19H10ClN3O6S2. The lowest BCUT2D eigenvalue weighted by molar-refractivity contribution is -0.384. The summed E-state index contributed by atoms with van der Waals surface area (Å²) in [5.41, 5.74) is 0.290. The smallest absolute Gasteiger partial charge is 0.339 e. The molecule has 1 aromatic heterocycles. The van der Waals surface area contributed by atoms with E-state index in [1.54, 1.807) is 29.6 Å². The van der Waals surface area contributed by atoms with Crippen LogP contribution in [0.15, 0.2) is 57.7 Å². The Morgan fingerprint density at radius 1 is 1.19 bits per heavy atom. The van der Waals surface area contributed by atoms with Crippen molar-refractivity contribution in [2.24, 2.45) is 4.99 Å². The molecule has 1 aliphatic heterocycles. The Hall–Kier alpha value is -3.41. The van der Waals surface area contributed by atoms with Crippen molar-refractivity contribution in [3.63, 3.8) is 0 Å². The van der Waals surface area contributed by atoms with Gasteiger partial charge < -0.3 is 10.4 Å². The largest absolute Gasteiger partial charge is 0.478 e. The van der Waals surface area contributed by atoms with Crippen LogP contribution in [0.4, 0.5) is 16.4 Å². The number of aliphatic imine (C=N–C) groups is 1. The molecule has 0 bridgehead atoms. The van der Waals surface area contributed by atoms with Crippen LogP contribution in [0.2, 0.25) is 5.02 Å². The van der Waals surface area contributed by atoms with E-state index in [4.69, 9.17) is 11.6 Å². The second-order valence-corrected chi connectivity index (χ2v) is 8.87. The summed E-state index contributed by atoms with van der Waals surface area (Å²) in [6.07, 6.45) is 0. The Morgan fingerprint density at radius 3 is 2.55 bits per heavy atom. The highest BCUT2D eigenvalue weighted by Crippen LogP contribution is 2.40. The van der Waals surface area contributed by atoms with Gasteiger partial charge in [0.15, 0.2) is 10.7 Å². The Kier molecular flexibility index (Phi) is 5.39. The van der Waals surface area contributed by atoms with Crippen LogP contribution < -0.4 is 5.32 Å². The molecule has 0 saturated heterocycles. The Morgan fingerprint density at radius 2 is 1.90 bits per heavy atom. The molecule has 2 heterocycles. The van der Waals surface area contributed by atoms with Gasteiger partial charge in [-0.05, 0) is 23.8 Å². The van der Waals surface area contributed by atoms with Gasteiger partial charge in [-0.15, -0.1) is 11.3 Å². The van der Waals surface area contributed by atoms with Crippen LogP contribution in [0.3, 0.4) is 0 Å². The van der Waals surface area contributed by atoms with Crippen LogP contribution in [0.25, 0.3) is 11.1 Å². The number of carbonyl (C=O) groups is 2. The van der Waals surface area contributed by atoms with Gasteiger partial charge in [-0.3, -0.25) is 14.9 Å². The van der Waals surface area contributed by atoms with E-state index < -0.39 is 32.6 Å². The minimum absolute atomic E-state index is 0.0209. The number of fused-ring (bicyclic) bond motifs is 1. The molecule has 1 atom stereocenters. The van der Waals surface area contributed by atoms with Gasteiger partial charge in [0.05, 0.1) is 9.82 Å². The van der Waals surface area contributed by atoms with Gasteiger partial charge in [-0.1, -0.05) is 29.8 Å². The third-order valence-corrected chi connectivity index (χ3v) is 6.85. The van der Waals surface area contributed by atoms with Crippen molar-refractivity contribution in [2.45, 2.75) is 4.90 Å². The highest BCUT2D eigenvalue weighted by molar-refractivity contribution is 8.03. The molecule has 2 N–H and O–H groups in total. The molecule has 0 spiro atoms. The van der Waals surface area contributed by atoms with Gasteiger partial charge in [-0.2, -0.15) is 0 Å². The molecule has 156 valence electrons. The summed E-state index contributed by atoms with van der Waals surface area (Å²) in [6.45, 7) is 0. The molecule has 4 rings (SSSR count). The number of amides is 1. The van der Waals surface area contributed by atoms with Gasteiger partial charge in [0.1, 0.15) is 21.4 Å². The monoisotopic (exact) mass is 475 g/mol. The average Bonchev–Trinajstić information content (AvgIpc) is 3.30. The SMILES string of the molecule is O=C(Nc1scc(-c2ccc(Cl)cc2)c1C(=O)O)C1=Nc2c([N+](=O)[O-])cccc2S1=O. The number of thiophene rings is 1. The molecule has 1 unspecified atom stereocenters. The van der Waals surface area contributed by atoms with E-state index >= 15 is 0 Å². The van der Waals surface area contributed by atoms with Crippen LogP contribution >= 0.6 is 22.9 Å². The van der Waals surface area contributed by atoms with Gasteiger partial charge in [0.2, 0.25) is 0 Å². The van der Waals surface area contributed by atoms with Crippen molar-refractivity contribution < 1.29 is 23.8 Å². The molecule has 31 heavy (non-hydrogen) atoms. The van der Waals surface area contributed by atoms with Crippen LogP contribution in [-0.4, -0.2) is 31.2 Å². The predicted octanol–water partition coefficient (Wildman–Crippen LogP) is 4.46. The number of aromatic carboxylic acids is 1. The van der Waals surface area contributed by atoms with E-state index in [0.29, 0.717) is 16.1 Å². The van der Waals surface area contributed by atoms with Crippen molar-refractivity contribution in [1.29, 1.82) is 0 Å². The van der Waals surface area contributed by atoms with Crippen LogP contribution in [0.1, 0.15) is 10.4 Å². The quantitative estimate of drug-likeness (QED) is 0.412. The Balaban J connectivity index is 1.68. The fourth-order valence-electron chi connectivity index (χ4n) is 2.96. The zero-order chi connectivity index (χ0) is 22.3. The molecule has 2 aromatic carbocycles. The van der Waals surface area contributed by atoms with Gasteiger partial charge in [0, 0.05) is 22.0 Å². The molecule has 1 amide bonds. The fraction of sp³-hybridized carbons (Fsp3) is 0. The average molecular weight is 476 g/mol. The van der Waals surface area contributed by atoms with Crippen LogP contribution in [0.5, 0.6) is 0 Å². The first kappa shape index (κ1) is 20.8. The molecule has 1 aliphatic rings. The molecule has 9 nitrogen and oxygen atoms in total. The zero-order valence-corrected chi connectivity index (χ0v) is 17.6. The number of nitro groups is 1. The molecule has 0 fully saturated rings. The normalized spacial score (nSPS) is 14.6. The second kappa shape index (κ2) is 8.02. The number of carbonyl (C=O) groups excluding carboxylic acids is 1. The summed E-state index contributed by atoms with van der Waals surface area (Å²) in [4.78, 5) is 39.1.